The Morgan fingerprint density at radius 1 is 0.564 bits per heavy atom. The number of phosphoric ester groups is 2. The third-order valence-corrected chi connectivity index (χ3v) is 9.34. The van der Waals surface area contributed by atoms with Crippen LogP contribution in [0.2, 0.25) is 0 Å². The van der Waals surface area contributed by atoms with Crippen molar-refractivity contribution in [2.75, 3.05) is 26.4 Å². The van der Waals surface area contributed by atoms with Crippen molar-refractivity contribution in [1.82, 2.24) is 0 Å². The van der Waals surface area contributed by atoms with Crippen molar-refractivity contribution in [1.29, 1.82) is 0 Å². The van der Waals surface area contributed by atoms with Gasteiger partial charge in [0.1, 0.15) is 12.7 Å². The zero-order chi connectivity index (χ0) is 41.2. The number of aliphatic hydroxyl groups is 2. The predicted octanol–water partition coefficient (Wildman–Crippen LogP) is 8.33. The van der Waals surface area contributed by atoms with Gasteiger partial charge in [0.05, 0.1) is 25.9 Å². The molecule has 320 valence electrons. The Morgan fingerprint density at radius 3 is 1.62 bits per heavy atom. The molecule has 0 bridgehead atoms. The maximum atomic E-state index is 12.6. The third kappa shape index (κ3) is 40.1. The van der Waals surface area contributed by atoms with Crippen molar-refractivity contribution in [3.63, 3.8) is 0 Å². The van der Waals surface area contributed by atoms with Crippen LogP contribution in [0.1, 0.15) is 136 Å². The highest BCUT2D eigenvalue weighted by Crippen LogP contribution is 2.43. The number of aliphatic hydroxyl groups excluding tert-OH is 2. The summed E-state index contributed by atoms with van der Waals surface area (Å²) in [6.07, 6.45) is 28.5. The number of hydrogen-bond donors (Lipinski definition) is 5. The number of carbonyl (C=O) groups excluding carboxylic acids is 2. The maximum absolute atomic E-state index is 12.6. The molecule has 0 aromatic rings. The number of carbonyl (C=O) groups is 2. The molecule has 0 aliphatic rings. The number of hydrogen-bond acceptors (Lipinski definition) is 11. The first kappa shape index (κ1) is 53.0. The Hall–Kier alpha value is -1.96. The first-order valence-electron chi connectivity index (χ1n) is 19.7. The zero-order valence-electron chi connectivity index (χ0n) is 33.3. The van der Waals surface area contributed by atoms with Crippen LogP contribution in [-0.2, 0) is 41.8 Å². The Balaban J connectivity index is 4.66. The average molecular weight is 825 g/mol. The number of unbranched alkanes of at least 4 members (excludes halogenated alkanes) is 8. The van der Waals surface area contributed by atoms with Crippen molar-refractivity contribution in [3.05, 3.63) is 48.6 Å². The number of ether oxygens (including phenoxy) is 2. The van der Waals surface area contributed by atoms with Crippen LogP contribution in [0.4, 0.5) is 0 Å². The van der Waals surface area contributed by atoms with E-state index in [4.69, 9.17) is 23.8 Å². The lowest BCUT2D eigenvalue weighted by molar-refractivity contribution is -0.161. The van der Waals surface area contributed by atoms with Crippen molar-refractivity contribution < 1.29 is 66.7 Å². The number of esters is 2. The van der Waals surface area contributed by atoms with Crippen molar-refractivity contribution in [2.45, 2.75) is 155 Å². The van der Waals surface area contributed by atoms with Gasteiger partial charge in [0.2, 0.25) is 0 Å². The fourth-order valence-electron chi connectivity index (χ4n) is 4.90. The van der Waals surface area contributed by atoms with E-state index < -0.39 is 66.2 Å². The molecule has 0 fully saturated rings. The standard InChI is InChI=1S/C39H70O14P2/c1-34(2)26-22-18-14-13-17-20-24-28-38(42)49-32-37(33-52-55(47,48)51-31-36(41)30-50-54(44,45)46)53-39(43)29-25-21-16-12-10-8-6-4-5-7-9-11-15-19-23-27-35(3)40/h5-8,11-12,15-16,34-37,40-41H,4,9-10,13-14,17-33H2,1-3H3,(H,47,48)(H2,44,45,46)/b7-5-,8-6-,15-11-,16-12-/t35-,36-,37+/m0/s1. The van der Waals surface area contributed by atoms with E-state index in [2.05, 4.69) is 59.4 Å². The molecule has 0 heterocycles. The summed E-state index contributed by atoms with van der Waals surface area (Å²) in [5.74, 6) is -0.404. The lowest BCUT2D eigenvalue weighted by atomic mass is 10.0. The second-order valence-electron chi connectivity index (χ2n) is 14.0. The first-order valence-corrected chi connectivity index (χ1v) is 22.7. The minimum Gasteiger partial charge on any atom is -0.462 e. The van der Waals surface area contributed by atoms with Gasteiger partial charge in [0.25, 0.3) is 0 Å². The second-order valence-corrected chi connectivity index (χ2v) is 16.7. The molecular weight excluding hydrogens is 754 g/mol. The molecule has 0 saturated heterocycles. The Morgan fingerprint density at radius 2 is 1.05 bits per heavy atom. The zero-order valence-corrected chi connectivity index (χ0v) is 35.1. The summed E-state index contributed by atoms with van der Waals surface area (Å²) in [6.45, 7) is 3.45. The molecule has 5 N–H and O–H groups in total. The van der Waals surface area contributed by atoms with Gasteiger partial charge in [-0.1, -0.05) is 107 Å². The maximum Gasteiger partial charge on any atom is 0.472 e. The van der Waals surface area contributed by atoms with Crippen LogP contribution < -0.4 is 0 Å². The molecule has 0 aliphatic heterocycles. The van der Waals surface area contributed by atoms with Crippen molar-refractivity contribution in [2.24, 2.45) is 5.92 Å². The van der Waals surface area contributed by atoms with Crippen LogP contribution in [0.15, 0.2) is 48.6 Å². The van der Waals surface area contributed by atoms with Crippen LogP contribution in [-0.4, -0.2) is 81.6 Å². The molecule has 0 spiro atoms. The topological polar surface area (TPSA) is 216 Å². The molecule has 0 amide bonds. The molecule has 16 heteroatoms. The summed E-state index contributed by atoms with van der Waals surface area (Å²) in [5, 5.41) is 19.0. The van der Waals surface area contributed by atoms with Crippen LogP contribution in [0.5, 0.6) is 0 Å². The fourth-order valence-corrected chi connectivity index (χ4v) is 6.05. The van der Waals surface area contributed by atoms with Gasteiger partial charge in [-0.25, -0.2) is 9.13 Å². The van der Waals surface area contributed by atoms with E-state index in [1.807, 2.05) is 12.2 Å². The quantitative estimate of drug-likeness (QED) is 0.0174. The summed E-state index contributed by atoms with van der Waals surface area (Å²) in [5.41, 5.74) is 0. The van der Waals surface area contributed by atoms with Gasteiger partial charge in [-0.05, 0) is 70.6 Å². The third-order valence-electron chi connectivity index (χ3n) is 7.91. The van der Waals surface area contributed by atoms with Crippen LogP contribution in [0, 0.1) is 5.92 Å². The SMILES string of the molecule is CC(C)CCCCCCCCCC(=O)OC[C@H](COP(=O)(O)OC[C@@H](O)COP(=O)(O)O)OC(=O)CCC/C=C\C/C=C\C/C=C\C/C=C\CCC[C@H](C)O. The fraction of sp³-hybridized carbons (Fsp3) is 0.744. The molecule has 0 saturated carbocycles. The summed E-state index contributed by atoms with van der Waals surface area (Å²) < 4.78 is 47.5. The summed E-state index contributed by atoms with van der Waals surface area (Å²) in [7, 11) is -9.69. The molecule has 0 aromatic carbocycles. The van der Waals surface area contributed by atoms with E-state index in [1.165, 1.54) is 25.7 Å². The summed E-state index contributed by atoms with van der Waals surface area (Å²) >= 11 is 0. The van der Waals surface area contributed by atoms with E-state index in [1.54, 1.807) is 6.92 Å². The van der Waals surface area contributed by atoms with Gasteiger partial charge in [0, 0.05) is 12.8 Å². The molecule has 4 atom stereocenters. The van der Waals surface area contributed by atoms with Gasteiger partial charge in [-0.2, -0.15) is 0 Å². The van der Waals surface area contributed by atoms with E-state index in [0.717, 1.165) is 57.8 Å². The van der Waals surface area contributed by atoms with Crippen molar-refractivity contribution >= 4 is 27.6 Å². The van der Waals surface area contributed by atoms with Gasteiger partial charge in [-0.15, -0.1) is 0 Å². The van der Waals surface area contributed by atoms with Gasteiger partial charge in [0.15, 0.2) is 6.10 Å². The van der Waals surface area contributed by atoms with E-state index in [9.17, 15) is 33.8 Å². The molecule has 0 rings (SSSR count). The highest BCUT2D eigenvalue weighted by molar-refractivity contribution is 7.47. The molecular formula is C39H70O14P2. The monoisotopic (exact) mass is 824 g/mol. The highest BCUT2D eigenvalue weighted by atomic mass is 31.2. The smallest absolute Gasteiger partial charge is 0.462 e. The van der Waals surface area contributed by atoms with E-state index in [0.29, 0.717) is 25.2 Å². The van der Waals surface area contributed by atoms with Gasteiger partial charge >= 0.3 is 27.6 Å². The average Bonchev–Trinajstić information content (AvgIpc) is 3.11. The number of allylic oxidation sites excluding steroid dienone is 8. The summed E-state index contributed by atoms with van der Waals surface area (Å²) in [4.78, 5) is 52.4. The Kier molecular flexibility index (Phi) is 32.9. The van der Waals surface area contributed by atoms with E-state index >= 15 is 0 Å². The highest BCUT2D eigenvalue weighted by Gasteiger charge is 2.28. The van der Waals surface area contributed by atoms with Gasteiger partial charge < -0.3 is 34.4 Å². The number of phosphoric acid groups is 2. The molecule has 1 unspecified atom stereocenters. The normalized spacial score (nSPS) is 15.4. The van der Waals surface area contributed by atoms with Crippen LogP contribution in [0.25, 0.3) is 0 Å². The molecule has 0 radical (unpaired) electrons. The Bertz CT molecular complexity index is 1190. The first-order chi connectivity index (χ1) is 26.1. The van der Waals surface area contributed by atoms with Crippen LogP contribution >= 0.6 is 15.6 Å². The minimum absolute atomic E-state index is 0.0426. The lowest BCUT2D eigenvalue weighted by Crippen LogP contribution is -2.29. The molecule has 55 heavy (non-hydrogen) atoms. The van der Waals surface area contributed by atoms with Crippen LogP contribution in [0.3, 0.4) is 0 Å². The largest absolute Gasteiger partial charge is 0.472 e. The molecule has 14 nitrogen and oxygen atoms in total. The molecule has 0 aliphatic carbocycles. The second kappa shape index (κ2) is 34.1. The molecule has 0 aromatic heterocycles. The van der Waals surface area contributed by atoms with Gasteiger partial charge in [-0.3, -0.25) is 23.2 Å². The predicted molar refractivity (Wildman–Crippen MR) is 213 cm³/mol. The Labute approximate surface area is 329 Å². The van der Waals surface area contributed by atoms with E-state index in [-0.39, 0.29) is 18.9 Å². The summed E-state index contributed by atoms with van der Waals surface area (Å²) in [6, 6.07) is 0. The number of rotatable bonds is 36. The lowest BCUT2D eigenvalue weighted by Gasteiger charge is -2.20. The minimum atomic E-state index is -4.87. The van der Waals surface area contributed by atoms with Crippen molar-refractivity contribution in [3.8, 4) is 0 Å².